The van der Waals surface area contributed by atoms with Gasteiger partial charge in [-0.2, -0.15) is 0 Å². The summed E-state index contributed by atoms with van der Waals surface area (Å²) < 4.78 is 5.39. The Bertz CT molecular complexity index is 880. The van der Waals surface area contributed by atoms with Crippen LogP contribution in [-0.4, -0.2) is 33.6 Å². The second kappa shape index (κ2) is 7.91. The second-order valence-corrected chi connectivity index (χ2v) is 6.37. The van der Waals surface area contributed by atoms with Gasteiger partial charge < -0.3 is 10.1 Å². The van der Waals surface area contributed by atoms with E-state index in [0.29, 0.717) is 12.4 Å². The van der Waals surface area contributed by atoms with Gasteiger partial charge in [0.2, 0.25) is 5.88 Å². The van der Waals surface area contributed by atoms with Crippen LogP contribution >= 0.6 is 0 Å². The summed E-state index contributed by atoms with van der Waals surface area (Å²) >= 11 is 0. The van der Waals surface area contributed by atoms with Gasteiger partial charge in [-0.05, 0) is 37.6 Å². The lowest BCUT2D eigenvalue weighted by atomic mass is 10.0. The Hall–Kier alpha value is -3.02. The molecule has 0 radical (unpaired) electrons. The van der Waals surface area contributed by atoms with E-state index in [-0.39, 0.29) is 5.92 Å². The van der Waals surface area contributed by atoms with Crippen molar-refractivity contribution in [2.45, 2.75) is 26.7 Å². The molecule has 1 atom stereocenters. The molecule has 6 nitrogen and oxygen atoms in total. The molecule has 134 valence electrons. The van der Waals surface area contributed by atoms with Crippen molar-refractivity contribution in [2.24, 2.45) is 0 Å². The van der Waals surface area contributed by atoms with E-state index in [4.69, 9.17) is 4.74 Å². The van der Waals surface area contributed by atoms with E-state index < -0.39 is 0 Å². The second-order valence-electron chi connectivity index (χ2n) is 6.37. The first-order valence-corrected chi connectivity index (χ1v) is 8.56. The van der Waals surface area contributed by atoms with Crippen LogP contribution in [0.5, 0.6) is 5.88 Å². The van der Waals surface area contributed by atoms with Crippen molar-refractivity contribution in [3.63, 3.8) is 0 Å². The SMILES string of the molecule is COc1ncc(C)cc1C(C)CNc1cc(-c2ccc(C)nc2)ncn1. The van der Waals surface area contributed by atoms with Crippen molar-refractivity contribution in [3.8, 4) is 17.1 Å². The molecule has 0 aliphatic heterocycles. The molecule has 3 aromatic heterocycles. The molecule has 0 aliphatic carbocycles. The Morgan fingerprint density at radius 3 is 2.62 bits per heavy atom. The van der Waals surface area contributed by atoms with Gasteiger partial charge in [-0.3, -0.25) is 4.98 Å². The number of aryl methyl sites for hydroxylation is 2. The molecule has 0 aromatic carbocycles. The third-order valence-corrected chi connectivity index (χ3v) is 4.20. The van der Waals surface area contributed by atoms with Crippen molar-refractivity contribution in [3.05, 3.63) is 59.8 Å². The quantitative estimate of drug-likeness (QED) is 0.730. The summed E-state index contributed by atoms with van der Waals surface area (Å²) in [5.41, 5.74) is 4.99. The first-order valence-electron chi connectivity index (χ1n) is 8.56. The van der Waals surface area contributed by atoms with Crippen molar-refractivity contribution in [1.82, 2.24) is 19.9 Å². The minimum atomic E-state index is 0.219. The number of methoxy groups -OCH3 is 1. The molecule has 0 saturated heterocycles. The fourth-order valence-electron chi connectivity index (χ4n) is 2.70. The average Bonchev–Trinajstić information content (AvgIpc) is 2.67. The number of anilines is 1. The van der Waals surface area contributed by atoms with Gasteiger partial charge in [-0.15, -0.1) is 0 Å². The van der Waals surface area contributed by atoms with Crippen LogP contribution < -0.4 is 10.1 Å². The molecule has 0 spiro atoms. The third kappa shape index (κ3) is 4.14. The number of ether oxygens (including phenoxy) is 1. The van der Waals surface area contributed by atoms with Gasteiger partial charge in [0.1, 0.15) is 12.1 Å². The molecular formula is C20H23N5O. The fourth-order valence-corrected chi connectivity index (χ4v) is 2.70. The molecule has 0 saturated carbocycles. The predicted molar refractivity (Wildman–Crippen MR) is 102 cm³/mol. The zero-order chi connectivity index (χ0) is 18.5. The molecule has 1 unspecified atom stereocenters. The van der Waals surface area contributed by atoms with Crippen molar-refractivity contribution >= 4 is 5.82 Å². The standard InChI is InChI=1S/C20H23N5O/c1-13-7-17(20(26-4)23-9-13)14(2)10-22-19-8-18(24-12-25-19)16-6-5-15(3)21-11-16/h5-9,11-12,14H,10H2,1-4H3,(H,22,24,25). The lowest BCUT2D eigenvalue weighted by molar-refractivity contribution is 0.389. The molecular weight excluding hydrogens is 326 g/mol. The highest BCUT2D eigenvalue weighted by Gasteiger charge is 2.13. The van der Waals surface area contributed by atoms with Gasteiger partial charge in [0.05, 0.1) is 12.8 Å². The zero-order valence-corrected chi connectivity index (χ0v) is 15.5. The number of hydrogen-bond acceptors (Lipinski definition) is 6. The maximum absolute atomic E-state index is 5.39. The van der Waals surface area contributed by atoms with E-state index in [2.05, 4.69) is 38.2 Å². The summed E-state index contributed by atoms with van der Waals surface area (Å²) in [6.45, 7) is 6.84. The average molecular weight is 349 g/mol. The molecule has 3 rings (SSSR count). The Morgan fingerprint density at radius 1 is 1.04 bits per heavy atom. The molecule has 0 fully saturated rings. The number of aromatic nitrogens is 4. The van der Waals surface area contributed by atoms with Gasteiger partial charge in [-0.1, -0.05) is 6.92 Å². The molecule has 3 heterocycles. The number of nitrogens with zero attached hydrogens (tertiary/aromatic N) is 4. The van der Waals surface area contributed by atoms with Gasteiger partial charge in [0.15, 0.2) is 0 Å². The molecule has 1 N–H and O–H groups in total. The minimum absolute atomic E-state index is 0.219. The normalized spacial score (nSPS) is 11.8. The Morgan fingerprint density at radius 2 is 1.88 bits per heavy atom. The lowest BCUT2D eigenvalue weighted by Gasteiger charge is -2.16. The van der Waals surface area contributed by atoms with Crippen LogP contribution in [0.4, 0.5) is 5.82 Å². The van der Waals surface area contributed by atoms with Crippen LogP contribution in [0.1, 0.15) is 29.7 Å². The third-order valence-electron chi connectivity index (χ3n) is 4.20. The van der Waals surface area contributed by atoms with E-state index in [0.717, 1.165) is 33.9 Å². The Labute approximate surface area is 153 Å². The highest BCUT2D eigenvalue weighted by molar-refractivity contribution is 5.61. The summed E-state index contributed by atoms with van der Waals surface area (Å²) in [5.74, 6) is 1.66. The topological polar surface area (TPSA) is 72.8 Å². The van der Waals surface area contributed by atoms with E-state index >= 15 is 0 Å². The molecule has 0 amide bonds. The van der Waals surface area contributed by atoms with Crippen molar-refractivity contribution < 1.29 is 4.74 Å². The van der Waals surface area contributed by atoms with Crippen molar-refractivity contribution in [2.75, 3.05) is 19.0 Å². The number of pyridine rings is 2. The van der Waals surface area contributed by atoms with Crippen LogP contribution in [0.2, 0.25) is 0 Å². The largest absolute Gasteiger partial charge is 0.481 e. The van der Waals surface area contributed by atoms with E-state index in [9.17, 15) is 0 Å². The zero-order valence-electron chi connectivity index (χ0n) is 15.5. The highest BCUT2D eigenvalue weighted by atomic mass is 16.5. The Balaban J connectivity index is 1.73. The summed E-state index contributed by atoms with van der Waals surface area (Å²) in [5, 5.41) is 3.38. The van der Waals surface area contributed by atoms with Crippen LogP contribution in [-0.2, 0) is 0 Å². The maximum Gasteiger partial charge on any atom is 0.216 e. The van der Waals surface area contributed by atoms with E-state index in [1.165, 1.54) is 0 Å². The summed E-state index contributed by atoms with van der Waals surface area (Å²) in [7, 11) is 1.65. The first-order chi connectivity index (χ1) is 12.6. The van der Waals surface area contributed by atoms with Crippen LogP contribution in [0.25, 0.3) is 11.3 Å². The summed E-state index contributed by atoms with van der Waals surface area (Å²) in [4.78, 5) is 17.3. The Kier molecular flexibility index (Phi) is 5.41. The van der Waals surface area contributed by atoms with Crippen molar-refractivity contribution in [1.29, 1.82) is 0 Å². The fraction of sp³-hybridized carbons (Fsp3) is 0.300. The van der Waals surface area contributed by atoms with E-state index in [1.807, 2.05) is 44.4 Å². The predicted octanol–water partition coefficient (Wildman–Crippen LogP) is 3.77. The summed E-state index contributed by atoms with van der Waals surface area (Å²) in [6, 6.07) is 8.04. The molecule has 6 heteroatoms. The van der Waals surface area contributed by atoms with Crippen LogP contribution in [0, 0.1) is 13.8 Å². The lowest BCUT2D eigenvalue weighted by Crippen LogP contribution is -2.12. The monoisotopic (exact) mass is 349 g/mol. The smallest absolute Gasteiger partial charge is 0.216 e. The minimum Gasteiger partial charge on any atom is -0.481 e. The molecule has 26 heavy (non-hydrogen) atoms. The molecule has 0 aliphatic rings. The van der Waals surface area contributed by atoms with Gasteiger partial charge in [0, 0.05) is 47.7 Å². The van der Waals surface area contributed by atoms with Crippen LogP contribution in [0.3, 0.4) is 0 Å². The van der Waals surface area contributed by atoms with Crippen LogP contribution in [0.15, 0.2) is 43.0 Å². The maximum atomic E-state index is 5.39. The molecule has 3 aromatic rings. The number of rotatable bonds is 6. The summed E-state index contributed by atoms with van der Waals surface area (Å²) in [6.07, 6.45) is 5.21. The van der Waals surface area contributed by atoms with Gasteiger partial charge in [-0.25, -0.2) is 15.0 Å². The first kappa shape index (κ1) is 17.8. The number of nitrogens with one attached hydrogen (secondary N) is 1. The number of hydrogen-bond donors (Lipinski definition) is 1. The van der Waals surface area contributed by atoms with Gasteiger partial charge >= 0.3 is 0 Å². The highest BCUT2D eigenvalue weighted by Crippen LogP contribution is 2.26. The van der Waals surface area contributed by atoms with Gasteiger partial charge in [0.25, 0.3) is 0 Å². The molecule has 0 bridgehead atoms. The van der Waals surface area contributed by atoms with E-state index in [1.54, 1.807) is 13.4 Å².